The quantitative estimate of drug-likeness (QED) is 0.0944. The van der Waals surface area contributed by atoms with Gasteiger partial charge in [0, 0.05) is 43.1 Å². The largest absolute Gasteiger partial charge is 0.0827 e. The third-order valence-corrected chi connectivity index (χ3v) is 9.64. The van der Waals surface area contributed by atoms with Crippen molar-refractivity contribution in [2.45, 2.75) is 0 Å². The number of hydrogen-bond acceptors (Lipinski definition) is 0. The van der Waals surface area contributed by atoms with Crippen molar-refractivity contribution in [2.75, 3.05) is 0 Å². The second-order valence-corrected chi connectivity index (χ2v) is 10.6. The highest BCUT2D eigenvalue weighted by Crippen LogP contribution is 2.58. The molecule has 31 heavy (non-hydrogen) atoms. The number of rotatable bonds is 0. The van der Waals surface area contributed by atoms with Gasteiger partial charge in [0.25, 0.3) is 0 Å². The molecule has 154 valence electrons. The molecule has 0 unspecified atom stereocenters. The fraction of sp³-hybridized carbons (Fsp3) is 0. The van der Waals surface area contributed by atoms with E-state index < -0.39 is 0 Å². The first kappa shape index (κ1) is 21.3. The summed E-state index contributed by atoms with van der Waals surface area (Å²) in [5, 5.41) is 9.13. The molecule has 0 saturated heterocycles. The number of fused-ring (bicyclic) bond motifs is 1. The van der Waals surface area contributed by atoms with Gasteiger partial charge in [-0.3, -0.25) is 0 Å². The van der Waals surface area contributed by atoms with Gasteiger partial charge in [-0.2, -0.15) is 0 Å². The fourth-order valence-corrected chi connectivity index (χ4v) is 7.07. The van der Waals surface area contributed by atoms with Crippen molar-refractivity contribution in [3.8, 4) is 0 Å². The van der Waals surface area contributed by atoms with Gasteiger partial charge < -0.3 is 0 Å². The molecule has 0 aromatic heterocycles. The van der Waals surface area contributed by atoms with Gasteiger partial charge in [-0.1, -0.05) is 117 Å². The van der Waals surface area contributed by atoms with Crippen molar-refractivity contribution >= 4 is 158 Å². The molecule has 0 amide bonds. The maximum absolute atomic E-state index is 6.76. The monoisotopic (exact) mass is 582 g/mol. The van der Waals surface area contributed by atoms with Crippen molar-refractivity contribution < 1.29 is 0 Å². The fourth-order valence-electron chi connectivity index (χ4n) is 4.60. The van der Waals surface area contributed by atoms with Crippen LogP contribution < -0.4 is 0 Å². The lowest BCUT2D eigenvalue weighted by Gasteiger charge is -2.24. The summed E-state index contributed by atoms with van der Waals surface area (Å²) in [7, 11) is 0. The minimum Gasteiger partial charge on any atom is -0.0827 e. The zero-order valence-electron chi connectivity index (χ0n) is 14.6. The molecular weight excluding hydrogens is 583 g/mol. The Morgan fingerprint density at radius 2 is 0.839 bits per heavy atom. The summed E-state index contributed by atoms with van der Waals surface area (Å²) in [5.41, 5.74) is 0. The van der Waals surface area contributed by atoms with E-state index >= 15 is 0 Å². The molecule has 0 aliphatic heterocycles. The highest BCUT2D eigenvalue weighted by molar-refractivity contribution is 6.64. The molecule has 0 aliphatic carbocycles. The first-order valence-electron chi connectivity index (χ1n) is 8.69. The van der Waals surface area contributed by atoms with Crippen LogP contribution in [0, 0.1) is 0 Å². The standard InChI is InChI=1S/C22H3Cl9/c23-6-3-4-1-2-5-8-7(4)11(16(6)25)12-10-9(8)13(18(27)15(5)24)19(28)20(29)14(10)21(30)22(31)17(12)26/h1-3H. The van der Waals surface area contributed by atoms with Crippen LogP contribution in [0.3, 0.4) is 0 Å². The minimum atomic E-state index is 0.142. The third-order valence-electron chi connectivity index (χ3n) is 5.80. The molecule has 6 aromatic rings. The molecule has 0 nitrogen and oxygen atoms in total. The van der Waals surface area contributed by atoms with Crippen LogP contribution in [0.4, 0.5) is 0 Å². The van der Waals surface area contributed by atoms with Crippen molar-refractivity contribution in [3.05, 3.63) is 63.4 Å². The van der Waals surface area contributed by atoms with Crippen LogP contribution >= 0.6 is 104 Å². The van der Waals surface area contributed by atoms with E-state index in [9.17, 15) is 0 Å². The predicted molar refractivity (Wildman–Crippen MR) is 141 cm³/mol. The van der Waals surface area contributed by atoms with Crippen molar-refractivity contribution in [1.82, 2.24) is 0 Å². The van der Waals surface area contributed by atoms with Gasteiger partial charge in [-0.15, -0.1) is 0 Å². The molecule has 0 radical (unpaired) electrons. The molecular formula is C22H3Cl9. The van der Waals surface area contributed by atoms with E-state index in [4.69, 9.17) is 104 Å². The normalized spacial score (nSPS) is 12.7. The van der Waals surface area contributed by atoms with Crippen LogP contribution in [-0.4, -0.2) is 0 Å². The molecule has 0 spiro atoms. The molecule has 6 aromatic carbocycles. The Bertz CT molecular complexity index is 1770. The molecule has 0 bridgehead atoms. The Morgan fingerprint density at radius 3 is 1.48 bits per heavy atom. The Labute approximate surface area is 220 Å². The average Bonchev–Trinajstić information content (AvgIpc) is 2.74. The van der Waals surface area contributed by atoms with E-state index in [0.29, 0.717) is 42.0 Å². The lowest BCUT2D eigenvalue weighted by atomic mass is 9.85. The molecule has 0 saturated carbocycles. The van der Waals surface area contributed by atoms with Gasteiger partial charge in [0.1, 0.15) is 0 Å². The zero-order valence-corrected chi connectivity index (χ0v) is 21.4. The molecule has 0 heterocycles. The SMILES string of the molecule is Clc1cc2ccc3c(Cl)c(Cl)c4c(Cl)c(Cl)c5c(Cl)c(Cl)c(Cl)c6c(c1Cl)c2c3c4c56. The van der Waals surface area contributed by atoms with Gasteiger partial charge in [0.05, 0.1) is 45.2 Å². The zero-order chi connectivity index (χ0) is 22.1. The highest BCUT2D eigenvalue weighted by atomic mass is 35.5. The second-order valence-electron chi connectivity index (χ2n) is 7.21. The van der Waals surface area contributed by atoms with E-state index in [-0.39, 0.29) is 30.1 Å². The predicted octanol–water partition coefficient (Wildman–Crippen LogP) is 12.2. The van der Waals surface area contributed by atoms with Crippen LogP contribution in [0.1, 0.15) is 0 Å². The average molecular weight is 586 g/mol. The van der Waals surface area contributed by atoms with Crippen LogP contribution in [0.5, 0.6) is 0 Å². The maximum Gasteiger partial charge on any atom is 0.0791 e. The van der Waals surface area contributed by atoms with E-state index in [2.05, 4.69) is 0 Å². The van der Waals surface area contributed by atoms with Gasteiger partial charge in [-0.25, -0.2) is 0 Å². The van der Waals surface area contributed by atoms with Crippen LogP contribution in [0.25, 0.3) is 53.9 Å². The second kappa shape index (κ2) is 6.89. The van der Waals surface area contributed by atoms with Crippen molar-refractivity contribution in [2.24, 2.45) is 0 Å². The molecule has 6 rings (SSSR count). The lowest BCUT2D eigenvalue weighted by molar-refractivity contribution is 1.78. The molecule has 0 atom stereocenters. The van der Waals surface area contributed by atoms with Gasteiger partial charge >= 0.3 is 0 Å². The molecule has 0 fully saturated rings. The number of halogens is 9. The Hall–Kier alpha value is -0.250. The van der Waals surface area contributed by atoms with Crippen LogP contribution in [0.15, 0.2) is 18.2 Å². The van der Waals surface area contributed by atoms with E-state index in [1.165, 1.54) is 0 Å². The Balaban J connectivity index is 2.24. The Kier molecular flexibility index (Phi) is 4.73. The summed E-state index contributed by atoms with van der Waals surface area (Å²) in [6.45, 7) is 0. The number of benzene rings is 6. The van der Waals surface area contributed by atoms with Gasteiger partial charge in [0.2, 0.25) is 0 Å². The molecule has 0 N–H and O–H groups in total. The first-order chi connectivity index (χ1) is 14.7. The third kappa shape index (κ3) is 2.45. The van der Waals surface area contributed by atoms with E-state index in [0.717, 1.165) is 26.9 Å². The van der Waals surface area contributed by atoms with Gasteiger partial charge in [-0.05, 0) is 16.8 Å². The van der Waals surface area contributed by atoms with Crippen molar-refractivity contribution in [1.29, 1.82) is 0 Å². The van der Waals surface area contributed by atoms with Crippen molar-refractivity contribution in [3.63, 3.8) is 0 Å². The minimum absolute atomic E-state index is 0.142. The summed E-state index contributed by atoms with van der Waals surface area (Å²) < 4.78 is 0. The highest BCUT2D eigenvalue weighted by Gasteiger charge is 2.30. The van der Waals surface area contributed by atoms with Gasteiger partial charge in [0.15, 0.2) is 0 Å². The summed E-state index contributed by atoms with van der Waals surface area (Å²) >= 11 is 60.0. The summed E-state index contributed by atoms with van der Waals surface area (Å²) in [4.78, 5) is 0. The van der Waals surface area contributed by atoms with E-state index in [1.807, 2.05) is 12.1 Å². The topological polar surface area (TPSA) is 0 Å². The number of hydrogen-bond donors (Lipinski definition) is 0. The summed E-state index contributed by atoms with van der Waals surface area (Å²) in [6, 6.07) is 5.59. The van der Waals surface area contributed by atoms with E-state index in [1.54, 1.807) is 6.07 Å². The van der Waals surface area contributed by atoms with Crippen LogP contribution in [-0.2, 0) is 0 Å². The lowest BCUT2D eigenvalue weighted by Crippen LogP contribution is -1.96. The smallest absolute Gasteiger partial charge is 0.0791 e. The summed E-state index contributed by atoms with van der Waals surface area (Å²) in [6.07, 6.45) is 0. The van der Waals surface area contributed by atoms with Crippen LogP contribution in [0.2, 0.25) is 45.2 Å². The Morgan fingerprint density at radius 1 is 0.355 bits per heavy atom. The first-order valence-corrected chi connectivity index (χ1v) is 12.1. The maximum atomic E-state index is 6.76. The molecule has 0 aliphatic rings. The molecule has 9 heteroatoms. The summed E-state index contributed by atoms with van der Waals surface area (Å²) in [5.74, 6) is 0.